The van der Waals surface area contributed by atoms with Gasteiger partial charge in [-0.25, -0.2) is 9.97 Å². The molecular weight excluding hydrogens is 330 g/mol. The van der Waals surface area contributed by atoms with Crippen molar-refractivity contribution in [2.75, 3.05) is 19.5 Å². The molecule has 6 heteroatoms. The van der Waals surface area contributed by atoms with Crippen LogP contribution in [-0.2, 0) is 0 Å². The van der Waals surface area contributed by atoms with Crippen LogP contribution in [0.1, 0.15) is 33.3 Å². The highest BCUT2D eigenvalue weighted by Crippen LogP contribution is 2.41. The predicted molar refractivity (Wildman–Crippen MR) is 103 cm³/mol. The minimum atomic E-state index is -0.00713. The van der Waals surface area contributed by atoms with Crippen LogP contribution in [0.5, 0.6) is 17.2 Å². The molecule has 0 aliphatic heterocycles. The van der Waals surface area contributed by atoms with Crippen molar-refractivity contribution in [3.05, 3.63) is 41.9 Å². The van der Waals surface area contributed by atoms with E-state index in [-0.39, 0.29) is 17.6 Å². The van der Waals surface area contributed by atoms with Gasteiger partial charge in [0, 0.05) is 18.1 Å². The third-order valence-corrected chi connectivity index (χ3v) is 4.05. The Kier molecular flexibility index (Phi) is 6.44. The molecule has 1 aromatic heterocycles. The van der Waals surface area contributed by atoms with Crippen LogP contribution in [0.25, 0.3) is 5.57 Å². The van der Waals surface area contributed by atoms with Crippen LogP contribution in [0.4, 0.5) is 5.95 Å². The van der Waals surface area contributed by atoms with E-state index in [1.165, 1.54) is 14.2 Å². The van der Waals surface area contributed by atoms with Gasteiger partial charge in [0.25, 0.3) is 0 Å². The number of phenolic OH excluding ortho intramolecular Hbond substituents is 1. The molecule has 0 radical (unpaired) electrons. The van der Waals surface area contributed by atoms with Gasteiger partial charge in [0.15, 0.2) is 11.5 Å². The summed E-state index contributed by atoms with van der Waals surface area (Å²) >= 11 is 0. The van der Waals surface area contributed by atoms with Gasteiger partial charge in [-0.05, 0) is 41.2 Å². The minimum absolute atomic E-state index is 0.00713. The quantitative estimate of drug-likeness (QED) is 0.768. The SMILES string of the molecule is COc1cc(/C(=C(/Nc2ncccn2)C(C)C)C(C)C)cc(OC)c1O. The highest BCUT2D eigenvalue weighted by Gasteiger charge is 2.21. The summed E-state index contributed by atoms with van der Waals surface area (Å²) in [4.78, 5) is 8.54. The van der Waals surface area contributed by atoms with Crippen molar-refractivity contribution in [3.63, 3.8) is 0 Å². The van der Waals surface area contributed by atoms with E-state index < -0.39 is 0 Å². The van der Waals surface area contributed by atoms with Crippen molar-refractivity contribution < 1.29 is 14.6 Å². The molecule has 1 aromatic carbocycles. The van der Waals surface area contributed by atoms with Gasteiger partial charge in [-0.1, -0.05) is 27.7 Å². The molecule has 2 rings (SSSR count). The zero-order valence-corrected chi connectivity index (χ0v) is 16.2. The van der Waals surface area contributed by atoms with E-state index >= 15 is 0 Å². The Morgan fingerprint density at radius 3 is 1.92 bits per heavy atom. The van der Waals surface area contributed by atoms with Gasteiger partial charge in [-0.3, -0.25) is 0 Å². The van der Waals surface area contributed by atoms with E-state index in [4.69, 9.17) is 9.47 Å². The second-order valence-electron chi connectivity index (χ2n) is 6.56. The number of hydrogen-bond acceptors (Lipinski definition) is 6. The zero-order chi connectivity index (χ0) is 19.3. The summed E-state index contributed by atoms with van der Waals surface area (Å²) in [6.45, 7) is 8.47. The molecule has 0 bridgehead atoms. The highest BCUT2D eigenvalue weighted by molar-refractivity contribution is 5.76. The van der Waals surface area contributed by atoms with Crippen LogP contribution in [0.15, 0.2) is 36.3 Å². The van der Waals surface area contributed by atoms with E-state index in [0.717, 1.165) is 16.8 Å². The summed E-state index contributed by atoms with van der Waals surface area (Å²) in [6.07, 6.45) is 3.41. The van der Waals surface area contributed by atoms with E-state index in [9.17, 15) is 5.11 Å². The maximum atomic E-state index is 10.2. The maximum Gasteiger partial charge on any atom is 0.226 e. The van der Waals surface area contributed by atoms with Crippen LogP contribution in [0, 0.1) is 11.8 Å². The lowest BCUT2D eigenvalue weighted by Gasteiger charge is -2.23. The standard InChI is InChI=1S/C20H27N3O3/c1-12(2)17(14-10-15(25-5)19(24)16(11-14)26-6)18(13(3)4)23-20-21-8-7-9-22-20/h7-13,24H,1-6H3,(H,21,22,23)/b18-17+. The lowest BCUT2D eigenvalue weighted by Crippen LogP contribution is -2.14. The number of anilines is 1. The molecule has 6 nitrogen and oxygen atoms in total. The zero-order valence-electron chi connectivity index (χ0n) is 16.2. The lowest BCUT2D eigenvalue weighted by atomic mass is 9.89. The fourth-order valence-electron chi connectivity index (χ4n) is 2.86. The molecule has 0 amide bonds. The number of nitrogens with zero attached hydrogens (tertiary/aromatic N) is 2. The molecule has 26 heavy (non-hydrogen) atoms. The summed E-state index contributed by atoms with van der Waals surface area (Å²) in [5.41, 5.74) is 3.02. The normalized spacial score (nSPS) is 12.2. The molecule has 140 valence electrons. The Balaban J connectivity index is 2.66. The number of nitrogens with one attached hydrogen (secondary N) is 1. The van der Waals surface area contributed by atoms with Crippen molar-refractivity contribution in [1.82, 2.24) is 9.97 Å². The van der Waals surface area contributed by atoms with E-state index in [0.29, 0.717) is 17.4 Å². The third-order valence-electron chi connectivity index (χ3n) is 4.05. The summed E-state index contributed by atoms with van der Waals surface area (Å²) in [7, 11) is 3.05. The Labute approximate surface area is 154 Å². The molecule has 1 heterocycles. The molecule has 2 aromatic rings. The van der Waals surface area contributed by atoms with Crippen molar-refractivity contribution in [3.8, 4) is 17.2 Å². The number of allylic oxidation sites excluding steroid dienone is 2. The first kappa shape index (κ1) is 19.6. The first-order valence-corrected chi connectivity index (χ1v) is 8.62. The smallest absolute Gasteiger partial charge is 0.226 e. The number of methoxy groups -OCH3 is 2. The van der Waals surface area contributed by atoms with E-state index in [1.54, 1.807) is 18.5 Å². The van der Waals surface area contributed by atoms with Crippen molar-refractivity contribution in [2.45, 2.75) is 27.7 Å². The fraction of sp³-hybridized carbons (Fsp3) is 0.400. The number of aromatic nitrogens is 2. The Hall–Kier alpha value is -2.76. The molecule has 0 atom stereocenters. The average molecular weight is 357 g/mol. The second kappa shape index (κ2) is 8.56. The number of hydrogen-bond donors (Lipinski definition) is 2. The molecule has 0 unspecified atom stereocenters. The van der Waals surface area contributed by atoms with Gasteiger partial charge >= 0.3 is 0 Å². The Morgan fingerprint density at radius 2 is 1.50 bits per heavy atom. The maximum absolute atomic E-state index is 10.2. The van der Waals surface area contributed by atoms with Gasteiger partial charge < -0.3 is 19.9 Å². The molecule has 0 saturated heterocycles. The second-order valence-corrected chi connectivity index (χ2v) is 6.56. The van der Waals surface area contributed by atoms with Crippen LogP contribution >= 0.6 is 0 Å². The summed E-state index contributed by atoms with van der Waals surface area (Å²) in [5, 5.41) is 13.6. The fourth-order valence-corrected chi connectivity index (χ4v) is 2.86. The average Bonchev–Trinajstić information content (AvgIpc) is 2.62. The molecule has 0 aliphatic rings. The molecule has 2 N–H and O–H groups in total. The molecule has 0 fully saturated rings. The lowest BCUT2D eigenvalue weighted by molar-refractivity contribution is 0.339. The first-order chi connectivity index (χ1) is 12.4. The van der Waals surface area contributed by atoms with E-state index in [1.807, 2.05) is 12.1 Å². The number of benzene rings is 1. The largest absolute Gasteiger partial charge is 0.502 e. The minimum Gasteiger partial charge on any atom is -0.502 e. The van der Waals surface area contributed by atoms with Gasteiger partial charge in [0.1, 0.15) is 0 Å². The number of rotatable bonds is 7. The Bertz CT molecular complexity index is 746. The predicted octanol–water partition coefficient (Wildman–Crippen LogP) is 4.33. The number of aromatic hydroxyl groups is 1. The van der Waals surface area contributed by atoms with Gasteiger partial charge in [-0.15, -0.1) is 0 Å². The molecular formula is C20H27N3O3. The monoisotopic (exact) mass is 357 g/mol. The van der Waals surface area contributed by atoms with Crippen LogP contribution < -0.4 is 14.8 Å². The topological polar surface area (TPSA) is 76.5 Å². The van der Waals surface area contributed by atoms with Crippen LogP contribution in [0.2, 0.25) is 0 Å². The van der Waals surface area contributed by atoms with Crippen molar-refractivity contribution in [2.24, 2.45) is 11.8 Å². The number of phenols is 1. The number of ether oxygens (including phenoxy) is 2. The van der Waals surface area contributed by atoms with E-state index in [2.05, 4.69) is 43.0 Å². The molecule has 0 spiro atoms. The van der Waals surface area contributed by atoms with Crippen LogP contribution in [-0.4, -0.2) is 29.3 Å². The summed E-state index contributed by atoms with van der Waals surface area (Å²) in [5.74, 6) is 1.71. The van der Waals surface area contributed by atoms with Gasteiger partial charge in [0.05, 0.1) is 14.2 Å². The summed E-state index contributed by atoms with van der Waals surface area (Å²) < 4.78 is 10.6. The Morgan fingerprint density at radius 1 is 0.962 bits per heavy atom. The van der Waals surface area contributed by atoms with Gasteiger partial charge in [-0.2, -0.15) is 0 Å². The van der Waals surface area contributed by atoms with Gasteiger partial charge in [0.2, 0.25) is 11.7 Å². The molecule has 0 aliphatic carbocycles. The van der Waals surface area contributed by atoms with Crippen molar-refractivity contribution >= 4 is 11.5 Å². The van der Waals surface area contributed by atoms with Crippen molar-refractivity contribution in [1.29, 1.82) is 0 Å². The third kappa shape index (κ3) is 4.25. The first-order valence-electron chi connectivity index (χ1n) is 8.62. The van der Waals surface area contributed by atoms with Crippen LogP contribution in [0.3, 0.4) is 0 Å². The highest BCUT2D eigenvalue weighted by atomic mass is 16.5. The molecule has 0 saturated carbocycles. The summed E-state index contributed by atoms with van der Waals surface area (Å²) in [6, 6.07) is 5.43.